The maximum absolute atomic E-state index is 12.5. The van der Waals surface area contributed by atoms with Gasteiger partial charge in [0.2, 0.25) is 5.89 Å². The number of aromatic nitrogens is 1. The lowest BCUT2D eigenvalue weighted by Gasteiger charge is -2.06. The summed E-state index contributed by atoms with van der Waals surface area (Å²) in [7, 11) is 0. The summed E-state index contributed by atoms with van der Waals surface area (Å²) in [4.78, 5) is 28.9. The molecule has 6 heteroatoms. The molecule has 0 saturated heterocycles. The Balaban J connectivity index is 1.51. The number of para-hydroxylation sites is 2. The molecule has 2 aromatic heterocycles. The van der Waals surface area contributed by atoms with Gasteiger partial charge in [-0.05, 0) is 36.8 Å². The van der Waals surface area contributed by atoms with E-state index in [1.807, 2.05) is 18.2 Å². The number of fused-ring (bicyclic) bond motifs is 2. The number of benzene rings is 2. The second-order valence-electron chi connectivity index (χ2n) is 7.27. The van der Waals surface area contributed by atoms with Crippen LogP contribution in [0.5, 0.6) is 5.75 Å². The molecule has 0 aliphatic heterocycles. The van der Waals surface area contributed by atoms with Crippen molar-refractivity contribution in [3.8, 4) is 17.2 Å². The Morgan fingerprint density at radius 1 is 0.967 bits per heavy atom. The summed E-state index contributed by atoms with van der Waals surface area (Å²) in [5.41, 5.74) is 1.30. The SMILES string of the molecule is CCCCCCCC(=O)Oc1ccc2cc(-c3nc4ccccc4o3)c(=O)oc2c1. The third-order valence-electron chi connectivity index (χ3n) is 4.95. The molecule has 0 unspecified atom stereocenters. The first-order chi connectivity index (χ1) is 14.6. The lowest BCUT2D eigenvalue weighted by Crippen LogP contribution is -2.08. The summed E-state index contributed by atoms with van der Waals surface area (Å²) < 4.78 is 16.5. The van der Waals surface area contributed by atoms with Crippen LogP contribution in [0.1, 0.15) is 45.4 Å². The zero-order valence-corrected chi connectivity index (χ0v) is 16.8. The number of unbranched alkanes of at least 4 members (excludes halogenated alkanes) is 4. The molecule has 6 nitrogen and oxygen atoms in total. The summed E-state index contributed by atoms with van der Waals surface area (Å²) in [6, 6.07) is 14.0. The van der Waals surface area contributed by atoms with E-state index in [1.165, 1.54) is 12.8 Å². The Kier molecular flexibility index (Phi) is 5.93. The number of ether oxygens (including phenoxy) is 1. The molecule has 4 rings (SSSR count). The number of carbonyl (C=O) groups excluding carboxylic acids is 1. The molecular weight excluding hydrogens is 382 g/mol. The Morgan fingerprint density at radius 2 is 1.80 bits per heavy atom. The smallest absolute Gasteiger partial charge is 0.349 e. The average molecular weight is 405 g/mol. The van der Waals surface area contributed by atoms with Gasteiger partial charge < -0.3 is 13.6 Å². The van der Waals surface area contributed by atoms with Crippen molar-refractivity contribution < 1.29 is 18.4 Å². The van der Waals surface area contributed by atoms with Crippen LogP contribution in [-0.4, -0.2) is 11.0 Å². The minimum Gasteiger partial charge on any atom is -0.436 e. The first-order valence-electron chi connectivity index (χ1n) is 10.3. The number of rotatable bonds is 8. The van der Waals surface area contributed by atoms with E-state index in [-0.39, 0.29) is 17.4 Å². The second kappa shape index (κ2) is 8.95. The third kappa shape index (κ3) is 4.43. The van der Waals surface area contributed by atoms with Crippen LogP contribution >= 0.6 is 0 Å². The summed E-state index contributed by atoms with van der Waals surface area (Å²) in [5, 5.41) is 0.686. The van der Waals surface area contributed by atoms with E-state index in [4.69, 9.17) is 13.6 Å². The molecule has 0 fully saturated rings. The average Bonchev–Trinajstić information content (AvgIpc) is 3.17. The van der Waals surface area contributed by atoms with E-state index in [9.17, 15) is 9.59 Å². The quantitative estimate of drug-likeness (QED) is 0.158. The molecule has 2 heterocycles. The summed E-state index contributed by atoms with van der Waals surface area (Å²) in [5.74, 6) is 0.292. The van der Waals surface area contributed by atoms with Crippen molar-refractivity contribution >= 4 is 28.0 Å². The zero-order valence-electron chi connectivity index (χ0n) is 16.8. The number of hydrogen-bond donors (Lipinski definition) is 0. The lowest BCUT2D eigenvalue weighted by atomic mass is 10.1. The van der Waals surface area contributed by atoms with Crippen LogP contribution in [0.15, 0.2) is 62.2 Å². The fourth-order valence-electron chi connectivity index (χ4n) is 3.35. The fraction of sp³-hybridized carbons (Fsp3) is 0.292. The van der Waals surface area contributed by atoms with Crippen LogP contribution in [0.2, 0.25) is 0 Å². The molecule has 0 aliphatic rings. The Hall–Kier alpha value is -3.41. The predicted octanol–water partition coefficient (Wildman–Crippen LogP) is 5.87. The van der Waals surface area contributed by atoms with Crippen molar-refractivity contribution in [2.45, 2.75) is 45.4 Å². The van der Waals surface area contributed by atoms with E-state index in [1.54, 1.807) is 30.3 Å². The minimum atomic E-state index is -0.562. The number of nitrogens with zero attached hydrogens (tertiary/aromatic N) is 1. The molecule has 0 aliphatic carbocycles. The standard InChI is InChI=1S/C24H23NO5/c1-2-3-4-5-6-11-22(26)28-17-13-12-16-14-18(24(27)30-21(16)15-17)23-25-19-9-7-8-10-20(19)29-23/h7-10,12-15H,2-6,11H2,1H3. The fourth-order valence-corrected chi connectivity index (χ4v) is 3.35. The highest BCUT2D eigenvalue weighted by molar-refractivity contribution is 5.84. The summed E-state index contributed by atoms with van der Waals surface area (Å²) in [6.45, 7) is 2.16. The van der Waals surface area contributed by atoms with Gasteiger partial charge in [0.15, 0.2) is 5.58 Å². The largest absolute Gasteiger partial charge is 0.436 e. The van der Waals surface area contributed by atoms with Gasteiger partial charge in [-0.15, -0.1) is 0 Å². The van der Waals surface area contributed by atoms with Crippen LogP contribution in [0.3, 0.4) is 0 Å². The van der Waals surface area contributed by atoms with Crippen LogP contribution in [0, 0.1) is 0 Å². The molecule has 0 atom stereocenters. The molecule has 0 N–H and O–H groups in total. The van der Waals surface area contributed by atoms with Gasteiger partial charge in [-0.2, -0.15) is 0 Å². The van der Waals surface area contributed by atoms with Gasteiger partial charge in [0, 0.05) is 17.9 Å². The van der Waals surface area contributed by atoms with Gasteiger partial charge in [0.05, 0.1) is 0 Å². The normalized spacial score (nSPS) is 11.2. The van der Waals surface area contributed by atoms with Crippen molar-refractivity contribution in [3.63, 3.8) is 0 Å². The van der Waals surface area contributed by atoms with Gasteiger partial charge in [0.25, 0.3) is 0 Å². The number of oxazole rings is 1. The van der Waals surface area contributed by atoms with Crippen LogP contribution in [0.25, 0.3) is 33.5 Å². The summed E-state index contributed by atoms with van der Waals surface area (Å²) in [6.07, 6.45) is 5.70. The molecule has 0 spiro atoms. The van der Waals surface area contributed by atoms with Gasteiger partial charge >= 0.3 is 11.6 Å². The zero-order chi connectivity index (χ0) is 20.9. The highest BCUT2D eigenvalue weighted by Gasteiger charge is 2.15. The van der Waals surface area contributed by atoms with Gasteiger partial charge in [-0.3, -0.25) is 4.79 Å². The molecule has 0 saturated carbocycles. The molecule has 0 amide bonds. The van der Waals surface area contributed by atoms with E-state index in [0.717, 1.165) is 19.3 Å². The third-order valence-corrected chi connectivity index (χ3v) is 4.95. The molecule has 30 heavy (non-hydrogen) atoms. The number of carbonyl (C=O) groups is 1. The Bertz CT molecular complexity index is 1200. The van der Waals surface area contributed by atoms with Crippen LogP contribution < -0.4 is 10.4 Å². The monoisotopic (exact) mass is 405 g/mol. The van der Waals surface area contributed by atoms with Crippen molar-refractivity contribution in [3.05, 3.63) is 59.0 Å². The second-order valence-corrected chi connectivity index (χ2v) is 7.27. The van der Waals surface area contributed by atoms with Crippen molar-refractivity contribution in [1.29, 1.82) is 0 Å². The molecule has 4 aromatic rings. The highest BCUT2D eigenvalue weighted by Crippen LogP contribution is 2.26. The van der Waals surface area contributed by atoms with Crippen molar-refractivity contribution in [1.82, 2.24) is 4.98 Å². The first kappa shape index (κ1) is 19.9. The molecule has 2 aromatic carbocycles. The number of hydrogen-bond acceptors (Lipinski definition) is 6. The molecular formula is C24H23NO5. The van der Waals surface area contributed by atoms with E-state index >= 15 is 0 Å². The van der Waals surface area contributed by atoms with E-state index < -0.39 is 5.63 Å². The Morgan fingerprint density at radius 3 is 2.63 bits per heavy atom. The molecule has 0 radical (unpaired) electrons. The van der Waals surface area contributed by atoms with E-state index in [0.29, 0.717) is 34.2 Å². The van der Waals surface area contributed by atoms with Crippen molar-refractivity contribution in [2.75, 3.05) is 0 Å². The summed E-state index contributed by atoms with van der Waals surface area (Å²) >= 11 is 0. The van der Waals surface area contributed by atoms with E-state index in [2.05, 4.69) is 11.9 Å². The highest BCUT2D eigenvalue weighted by atomic mass is 16.5. The minimum absolute atomic E-state index is 0.213. The Labute approximate surface area is 173 Å². The van der Waals surface area contributed by atoms with Gasteiger partial charge in [-0.1, -0.05) is 44.7 Å². The van der Waals surface area contributed by atoms with Crippen LogP contribution in [0.4, 0.5) is 0 Å². The molecule has 154 valence electrons. The first-order valence-corrected chi connectivity index (χ1v) is 10.3. The topological polar surface area (TPSA) is 82.5 Å². The van der Waals surface area contributed by atoms with Crippen molar-refractivity contribution in [2.24, 2.45) is 0 Å². The predicted molar refractivity (Wildman–Crippen MR) is 114 cm³/mol. The molecule has 0 bridgehead atoms. The van der Waals surface area contributed by atoms with Crippen LogP contribution in [-0.2, 0) is 4.79 Å². The maximum atomic E-state index is 12.5. The maximum Gasteiger partial charge on any atom is 0.349 e. The lowest BCUT2D eigenvalue weighted by molar-refractivity contribution is -0.134. The van der Waals surface area contributed by atoms with Gasteiger partial charge in [-0.25, -0.2) is 9.78 Å². The number of esters is 1. The van der Waals surface area contributed by atoms with Gasteiger partial charge in [0.1, 0.15) is 22.4 Å².